The summed E-state index contributed by atoms with van der Waals surface area (Å²) in [6.07, 6.45) is 6.48. The number of nitrogens with one attached hydrogen (secondary N) is 2. The van der Waals surface area contributed by atoms with Gasteiger partial charge in [-0.05, 0) is 54.6 Å². The highest BCUT2D eigenvalue weighted by atomic mass is 16.1. The van der Waals surface area contributed by atoms with Gasteiger partial charge in [0.05, 0.1) is 0 Å². The molecule has 0 radical (unpaired) electrons. The zero-order valence-corrected chi connectivity index (χ0v) is 21.0. The van der Waals surface area contributed by atoms with E-state index in [0.29, 0.717) is 13.0 Å². The van der Waals surface area contributed by atoms with Gasteiger partial charge in [0.2, 0.25) is 12.3 Å². The Kier molecular flexibility index (Phi) is 13.1. The summed E-state index contributed by atoms with van der Waals surface area (Å²) in [5, 5.41) is 6.63. The molecule has 0 heterocycles. The van der Waals surface area contributed by atoms with E-state index in [9.17, 15) is 4.79 Å². The molecule has 0 aliphatic heterocycles. The Bertz CT molecular complexity index is 1050. The van der Waals surface area contributed by atoms with Gasteiger partial charge in [0, 0.05) is 25.6 Å². The molecular weight excluding hydrogens is 448 g/mol. The molecule has 1 atom stereocenters. The topological polar surface area (TPSA) is 110 Å². The zero-order chi connectivity index (χ0) is 26.0. The first-order valence-electron chi connectivity index (χ1n) is 12.2. The van der Waals surface area contributed by atoms with Crippen molar-refractivity contribution in [3.05, 3.63) is 119 Å². The van der Waals surface area contributed by atoms with E-state index in [-0.39, 0.29) is 18.4 Å². The van der Waals surface area contributed by atoms with Crippen LogP contribution in [-0.4, -0.2) is 24.9 Å². The van der Waals surface area contributed by atoms with Crippen LogP contribution in [0.25, 0.3) is 0 Å². The number of hydrogen-bond donors (Lipinski definition) is 4. The van der Waals surface area contributed by atoms with Gasteiger partial charge < -0.3 is 22.1 Å². The van der Waals surface area contributed by atoms with Crippen LogP contribution in [0.15, 0.2) is 91.1 Å². The first-order valence-corrected chi connectivity index (χ1v) is 12.2. The summed E-state index contributed by atoms with van der Waals surface area (Å²) < 4.78 is 0. The largest absolute Gasteiger partial charge is 0.405 e. The van der Waals surface area contributed by atoms with E-state index < -0.39 is 0 Å². The third-order valence-corrected chi connectivity index (χ3v) is 5.76. The zero-order valence-electron chi connectivity index (χ0n) is 21.0. The fourth-order valence-corrected chi connectivity index (χ4v) is 3.72. The summed E-state index contributed by atoms with van der Waals surface area (Å²) in [6, 6.07) is 28.1. The predicted molar refractivity (Wildman–Crippen MR) is 147 cm³/mol. The molecule has 0 aromatic heterocycles. The standard InChI is InChI=1S/C29H35N3O.CH3NO/c1-23-9-11-25(12-10-23)20-26-15-13-24(14-16-26)17-18-28(22-32-29(33)8-5-19-30)31-21-27-6-3-2-4-7-27;2-1-3/h2-7,9-16,19,28,31H,8,17-18,20-22,30H2,1H3,(H,32,33);1H,(H2,2,3)/b19-5+;. The van der Waals surface area contributed by atoms with Crippen molar-refractivity contribution in [2.75, 3.05) is 6.54 Å². The number of hydrogen-bond acceptors (Lipinski definition) is 4. The lowest BCUT2D eigenvalue weighted by molar-refractivity contribution is -0.120. The van der Waals surface area contributed by atoms with E-state index in [1.165, 1.54) is 34.0 Å². The molecule has 3 aromatic carbocycles. The Morgan fingerprint density at radius 1 is 0.861 bits per heavy atom. The first kappa shape index (κ1) is 28.3. The molecule has 0 spiro atoms. The Hall–Kier alpha value is -3.90. The summed E-state index contributed by atoms with van der Waals surface area (Å²) in [6.45, 7) is 3.48. The Balaban J connectivity index is 0.00000145. The predicted octanol–water partition coefficient (Wildman–Crippen LogP) is 3.76. The number of benzene rings is 3. The summed E-state index contributed by atoms with van der Waals surface area (Å²) in [5.41, 5.74) is 16.0. The van der Waals surface area contributed by atoms with Crippen LogP contribution in [0.3, 0.4) is 0 Å². The van der Waals surface area contributed by atoms with Crippen molar-refractivity contribution in [1.82, 2.24) is 10.6 Å². The van der Waals surface area contributed by atoms with E-state index in [1.54, 1.807) is 6.08 Å². The van der Waals surface area contributed by atoms with Crippen molar-refractivity contribution in [1.29, 1.82) is 0 Å². The van der Waals surface area contributed by atoms with E-state index in [4.69, 9.17) is 10.5 Å². The SMILES string of the molecule is Cc1ccc(Cc2ccc(CCC(CNC(=O)C/C=C/N)NCc3ccccc3)cc2)cc1.NC=O. The summed E-state index contributed by atoms with van der Waals surface area (Å²) in [4.78, 5) is 20.6. The fraction of sp³-hybridized carbons (Fsp3) is 0.267. The van der Waals surface area contributed by atoms with Gasteiger partial charge in [0.15, 0.2) is 0 Å². The third-order valence-electron chi connectivity index (χ3n) is 5.76. The first-order chi connectivity index (χ1) is 17.5. The molecule has 0 fully saturated rings. The fourth-order valence-electron chi connectivity index (χ4n) is 3.72. The molecule has 0 aliphatic carbocycles. The number of aryl methyl sites for hydroxylation is 2. The lowest BCUT2D eigenvalue weighted by Gasteiger charge is -2.20. The van der Waals surface area contributed by atoms with Crippen LogP contribution in [0.4, 0.5) is 0 Å². The van der Waals surface area contributed by atoms with Crippen LogP contribution in [0.1, 0.15) is 40.7 Å². The minimum absolute atomic E-state index is 0.0105. The number of amides is 2. The van der Waals surface area contributed by atoms with Gasteiger partial charge in [-0.1, -0.05) is 90.5 Å². The van der Waals surface area contributed by atoms with E-state index in [0.717, 1.165) is 25.8 Å². The summed E-state index contributed by atoms with van der Waals surface area (Å²) >= 11 is 0. The highest BCUT2D eigenvalue weighted by Crippen LogP contribution is 2.13. The van der Waals surface area contributed by atoms with Gasteiger partial charge in [0.25, 0.3) is 0 Å². The monoisotopic (exact) mass is 486 g/mol. The van der Waals surface area contributed by atoms with Crippen molar-refractivity contribution in [2.24, 2.45) is 11.5 Å². The van der Waals surface area contributed by atoms with Gasteiger partial charge in [-0.3, -0.25) is 9.59 Å². The molecule has 3 rings (SSSR count). The van der Waals surface area contributed by atoms with Crippen LogP contribution in [0.5, 0.6) is 0 Å². The maximum atomic E-state index is 12.0. The molecule has 0 saturated carbocycles. The summed E-state index contributed by atoms with van der Waals surface area (Å²) in [7, 11) is 0. The van der Waals surface area contributed by atoms with Crippen molar-refractivity contribution >= 4 is 12.3 Å². The Morgan fingerprint density at radius 3 is 2.06 bits per heavy atom. The maximum absolute atomic E-state index is 12.0. The van der Waals surface area contributed by atoms with Gasteiger partial charge >= 0.3 is 0 Å². The molecule has 6 N–H and O–H groups in total. The molecule has 36 heavy (non-hydrogen) atoms. The quantitative estimate of drug-likeness (QED) is 0.292. The van der Waals surface area contributed by atoms with Crippen molar-refractivity contribution < 1.29 is 9.59 Å². The minimum atomic E-state index is -0.0105. The molecular formula is C30H38N4O2. The summed E-state index contributed by atoms with van der Waals surface area (Å²) in [5.74, 6) is -0.0105. The number of rotatable bonds is 12. The second-order valence-corrected chi connectivity index (χ2v) is 8.65. The molecule has 0 saturated heterocycles. The average molecular weight is 487 g/mol. The number of nitrogens with two attached hydrogens (primary N) is 2. The minimum Gasteiger partial charge on any atom is -0.405 e. The number of carbonyl (C=O) groups excluding carboxylic acids is 2. The van der Waals surface area contributed by atoms with Crippen molar-refractivity contribution in [2.45, 2.75) is 45.2 Å². The lowest BCUT2D eigenvalue weighted by Crippen LogP contribution is -2.40. The van der Waals surface area contributed by atoms with Gasteiger partial charge in [0.1, 0.15) is 0 Å². The highest BCUT2D eigenvalue weighted by Gasteiger charge is 2.11. The molecule has 1 unspecified atom stereocenters. The van der Waals surface area contributed by atoms with Crippen LogP contribution in [0.2, 0.25) is 0 Å². The van der Waals surface area contributed by atoms with Crippen LogP contribution in [0, 0.1) is 6.92 Å². The number of primary amides is 1. The molecule has 3 aromatic rings. The molecule has 6 heteroatoms. The Morgan fingerprint density at radius 2 is 1.44 bits per heavy atom. The van der Waals surface area contributed by atoms with E-state index >= 15 is 0 Å². The van der Waals surface area contributed by atoms with E-state index in [2.05, 4.69) is 84.0 Å². The molecule has 2 amide bonds. The third kappa shape index (κ3) is 11.5. The molecule has 190 valence electrons. The highest BCUT2D eigenvalue weighted by molar-refractivity contribution is 5.77. The van der Waals surface area contributed by atoms with Crippen molar-refractivity contribution in [3.8, 4) is 0 Å². The van der Waals surface area contributed by atoms with Gasteiger partial charge in [-0.15, -0.1) is 0 Å². The van der Waals surface area contributed by atoms with Crippen LogP contribution < -0.4 is 22.1 Å². The van der Waals surface area contributed by atoms with Crippen LogP contribution in [-0.2, 0) is 29.0 Å². The number of carbonyl (C=O) groups is 2. The lowest BCUT2D eigenvalue weighted by atomic mass is 10.00. The van der Waals surface area contributed by atoms with Gasteiger partial charge in [-0.25, -0.2) is 0 Å². The molecule has 0 bridgehead atoms. The molecule has 0 aliphatic rings. The van der Waals surface area contributed by atoms with Gasteiger partial charge in [-0.2, -0.15) is 0 Å². The van der Waals surface area contributed by atoms with E-state index in [1.807, 2.05) is 18.2 Å². The smallest absolute Gasteiger partial charge is 0.223 e. The second kappa shape index (κ2) is 16.7. The normalized spacial score (nSPS) is 11.4. The maximum Gasteiger partial charge on any atom is 0.223 e. The van der Waals surface area contributed by atoms with Crippen LogP contribution >= 0.6 is 0 Å². The molecule has 6 nitrogen and oxygen atoms in total. The Labute approximate surface area is 214 Å². The van der Waals surface area contributed by atoms with Crippen molar-refractivity contribution in [3.63, 3.8) is 0 Å². The second-order valence-electron chi connectivity index (χ2n) is 8.65. The average Bonchev–Trinajstić information content (AvgIpc) is 2.90.